The first-order chi connectivity index (χ1) is 8.11. The fraction of sp³-hybridized carbons (Fsp3) is 0.667. The van der Waals surface area contributed by atoms with Crippen LogP contribution in [-0.2, 0) is 0 Å². The van der Waals surface area contributed by atoms with E-state index in [0.29, 0.717) is 24.1 Å². The van der Waals surface area contributed by atoms with Gasteiger partial charge in [0.1, 0.15) is 5.69 Å². The van der Waals surface area contributed by atoms with E-state index in [4.69, 9.17) is 5.73 Å². The van der Waals surface area contributed by atoms with Crippen molar-refractivity contribution in [2.24, 2.45) is 11.7 Å². The third kappa shape index (κ3) is 3.46. The Hall–Kier alpha value is -1.07. The fourth-order valence-corrected chi connectivity index (χ4v) is 1.86. The van der Waals surface area contributed by atoms with Crippen LogP contribution in [-0.4, -0.2) is 28.7 Å². The van der Waals surface area contributed by atoms with Gasteiger partial charge < -0.3 is 11.1 Å². The van der Waals surface area contributed by atoms with E-state index in [1.54, 1.807) is 6.07 Å². The minimum atomic E-state index is -0.129. The minimum absolute atomic E-state index is 0. The molecule has 1 saturated carbocycles. The Kier molecular flexibility index (Phi) is 5.16. The molecule has 1 aromatic rings. The molecule has 1 heterocycles. The van der Waals surface area contributed by atoms with Gasteiger partial charge in [0.2, 0.25) is 0 Å². The number of aromatic nitrogens is 2. The van der Waals surface area contributed by atoms with Gasteiger partial charge in [-0.1, -0.05) is 13.8 Å². The lowest BCUT2D eigenvalue weighted by molar-refractivity contribution is 0.0928. The Morgan fingerprint density at radius 2 is 2.28 bits per heavy atom. The number of carbonyl (C=O) groups is 1. The average molecular weight is 273 g/mol. The average Bonchev–Trinajstić information content (AvgIpc) is 3.01. The monoisotopic (exact) mass is 272 g/mol. The third-order valence-electron chi connectivity index (χ3n) is 3.21. The quantitative estimate of drug-likeness (QED) is 0.758. The van der Waals surface area contributed by atoms with Crippen LogP contribution in [0.2, 0.25) is 0 Å². The van der Waals surface area contributed by atoms with Gasteiger partial charge in [-0.15, -0.1) is 12.4 Å². The molecule has 5 nitrogen and oxygen atoms in total. The van der Waals surface area contributed by atoms with Crippen LogP contribution < -0.4 is 11.1 Å². The second-order valence-corrected chi connectivity index (χ2v) is 5.02. The number of aromatic amines is 1. The highest BCUT2D eigenvalue weighted by Gasteiger charge is 2.31. The van der Waals surface area contributed by atoms with Crippen molar-refractivity contribution in [2.45, 2.75) is 38.6 Å². The van der Waals surface area contributed by atoms with E-state index in [2.05, 4.69) is 29.4 Å². The largest absolute Gasteiger partial charge is 0.346 e. The Balaban J connectivity index is 0.00000162. The summed E-state index contributed by atoms with van der Waals surface area (Å²) < 4.78 is 0. The van der Waals surface area contributed by atoms with Crippen LogP contribution in [0, 0.1) is 5.92 Å². The number of nitrogens with one attached hydrogen (secondary N) is 2. The van der Waals surface area contributed by atoms with Crippen LogP contribution in [0.3, 0.4) is 0 Å². The highest BCUT2D eigenvalue weighted by atomic mass is 35.5. The van der Waals surface area contributed by atoms with Crippen LogP contribution in [0.15, 0.2) is 6.07 Å². The Bertz CT molecular complexity index is 401. The lowest BCUT2D eigenvalue weighted by Gasteiger charge is -2.14. The first-order valence-electron chi connectivity index (χ1n) is 6.18. The molecule has 1 aromatic heterocycles. The summed E-state index contributed by atoms with van der Waals surface area (Å²) in [5.41, 5.74) is 7.08. The molecule has 18 heavy (non-hydrogen) atoms. The molecule has 2 rings (SSSR count). The van der Waals surface area contributed by atoms with Gasteiger partial charge in [-0.05, 0) is 30.7 Å². The number of rotatable bonds is 5. The molecule has 0 aliphatic heterocycles. The van der Waals surface area contributed by atoms with Gasteiger partial charge >= 0.3 is 0 Å². The molecule has 1 aliphatic carbocycles. The van der Waals surface area contributed by atoms with Crippen LogP contribution >= 0.6 is 12.4 Å². The molecule has 0 saturated heterocycles. The molecule has 6 heteroatoms. The van der Waals surface area contributed by atoms with Gasteiger partial charge in [0, 0.05) is 18.3 Å². The van der Waals surface area contributed by atoms with E-state index < -0.39 is 0 Å². The molecule has 0 aromatic carbocycles. The summed E-state index contributed by atoms with van der Waals surface area (Å²) in [5, 5.41) is 9.86. The molecule has 1 amide bonds. The maximum Gasteiger partial charge on any atom is 0.272 e. The predicted octanol–water partition coefficient (Wildman–Crippen LogP) is 1.42. The number of hydrogen-bond donors (Lipinski definition) is 3. The zero-order valence-electron chi connectivity index (χ0n) is 10.8. The van der Waals surface area contributed by atoms with E-state index in [-0.39, 0.29) is 24.4 Å². The number of hydrogen-bond acceptors (Lipinski definition) is 3. The van der Waals surface area contributed by atoms with Gasteiger partial charge in [-0.3, -0.25) is 9.89 Å². The van der Waals surface area contributed by atoms with Crippen molar-refractivity contribution in [3.63, 3.8) is 0 Å². The number of carbonyl (C=O) groups excluding carboxylic acids is 1. The van der Waals surface area contributed by atoms with Crippen molar-refractivity contribution in [3.8, 4) is 0 Å². The van der Waals surface area contributed by atoms with Crippen molar-refractivity contribution in [3.05, 3.63) is 17.5 Å². The van der Waals surface area contributed by atoms with E-state index in [9.17, 15) is 4.79 Å². The minimum Gasteiger partial charge on any atom is -0.346 e. The van der Waals surface area contributed by atoms with E-state index in [1.807, 2.05) is 0 Å². The summed E-state index contributed by atoms with van der Waals surface area (Å²) in [7, 11) is 0. The smallest absolute Gasteiger partial charge is 0.272 e. The summed E-state index contributed by atoms with van der Waals surface area (Å²) in [6.07, 6.45) is 2.33. The van der Waals surface area contributed by atoms with Crippen LogP contribution in [0.25, 0.3) is 0 Å². The Labute approximate surface area is 113 Å². The Morgan fingerprint density at radius 1 is 1.61 bits per heavy atom. The fourth-order valence-electron chi connectivity index (χ4n) is 1.86. The van der Waals surface area contributed by atoms with Crippen LogP contribution in [0.1, 0.15) is 48.8 Å². The highest BCUT2D eigenvalue weighted by Crippen LogP contribution is 2.32. The van der Waals surface area contributed by atoms with Gasteiger partial charge in [0.15, 0.2) is 0 Å². The summed E-state index contributed by atoms with van der Waals surface area (Å²) in [4.78, 5) is 11.9. The van der Waals surface area contributed by atoms with Crippen LogP contribution in [0.4, 0.5) is 0 Å². The predicted molar refractivity (Wildman–Crippen MR) is 73.0 cm³/mol. The second kappa shape index (κ2) is 6.20. The van der Waals surface area contributed by atoms with Crippen LogP contribution in [0.5, 0.6) is 0 Å². The standard InChI is InChI=1S/C12H20N4O.ClH/c1-7(2)9-5-10(16-15-9)12(17)14-11(6-13)8-3-4-8;/h5,7-8,11H,3-4,6,13H2,1-2H3,(H,14,17)(H,15,16);1H. The summed E-state index contributed by atoms with van der Waals surface area (Å²) >= 11 is 0. The number of amides is 1. The summed E-state index contributed by atoms with van der Waals surface area (Å²) in [6, 6.07) is 1.90. The highest BCUT2D eigenvalue weighted by molar-refractivity contribution is 5.92. The van der Waals surface area contributed by atoms with Gasteiger partial charge in [-0.2, -0.15) is 5.10 Å². The van der Waals surface area contributed by atoms with E-state index in [1.165, 1.54) is 12.8 Å². The second-order valence-electron chi connectivity index (χ2n) is 5.02. The summed E-state index contributed by atoms with van der Waals surface area (Å²) in [5.74, 6) is 0.778. The SMILES string of the molecule is CC(C)c1cc(C(=O)NC(CN)C2CC2)n[nH]1.Cl. The van der Waals surface area contributed by atoms with Crippen molar-refractivity contribution in [2.75, 3.05) is 6.54 Å². The van der Waals surface area contributed by atoms with Gasteiger partial charge in [0.05, 0.1) is 0 Å². The van der Waals surface area contributed by atoms with Gasteiger partial charge in [-0.25, -0.2) is 0 Å². The normalized spacial score (nSPS) is 16.2. The van der Waals surface area contributed by atoms with Crippen molar-refractivity contribution in [1.29, 1.82) is 0 Å². The molecule has 0 spiro atoms. The van der Waals surface area contributed by atoms with Gasteiger partial charge in [0.25, 0.3) is 5.91 Å². The molecular formula is C12H21ClN4O. The summed E-state index contributed by atoms with van der Waals surface area (Å²) in [6.45, 7) is 4.61. The lowest BCUT2D eigenvalue weighted by Crippen LogP contribution is -2.41. The molecule has 1 fully saturated rings. The number of nitrogens with zero attached hydrogens (tertiary/aromatic N) is 1. The number of H-pyrrole nitrogens is 1. The molecule has 4 N–H and O–H groups in total. The molecule has 0 bridgehead atoms. The molecule has 0 radical (unpaired) electrons. The first kappa shape index (κ1) is 15.0. The lowest BCUT2D eigenvalue weighted by atomic mass is 10.1. The van der Waals surface area contributed by atoms with Crippen molar-refractivity contribution < 1.29 is 4.79 Å². The Morgan fingerprint density at radius 3 is 2.72 bits per heavy atom. The van der Waals surface area contributed by atoms with E-state index >= 15 is 0 Å². The number of halogens is 1. The molecule has 1 aliphatic rings. The first-order valence-corrected chi connectivity index (χ1v) is 6.18. The third-order valence-corrected chi connectivity index (χ3v) is 3.21. The maximum atomic E-state index is 11.9. The zero-order chi connectivity index (χ0) is 12.4. The maximum absolute atomic E-state index is 11.9. The molecule has 1 atom stereocenters. The number of nitrogens with two attached hydrogens (primary N) is 1. The molecule has 1 unspecified atom stereocenters. The molecule has 102 valence electrons. The topological polar surface area (TPSA) is 83.8 Å². The van der Waals surface area contributed by atoms with Crippen molar-refractivity contribution in [1.82, 2.24) is 15.5 Å². The van der Waals surface area contributed by atoms with E-state index in [0.717, 1.165) is 5.69 Å². The zero-order valence-corrected chi connectivity index (χ0v) is 11.6. The van der Waals surface area contributed by atoms with Crippen molar-refractivity contribution >= 4 is 18.3 Å². The molecular weight excluding hydrogens is 252 g/mol.